The molecule has 2 aromatic rings. The van der Waals surface area contributed by atoms with E-state index in [1.54, 1.807) is 24.3 Å². The summed E-state index contributed by atoms with van der Waals surface area (Å²) in [5, 5.41) is 6.31. The number of nitrogens with one attached hydrogen (secondary N) is 1. The van der Waals surface area contributed by atoms with Crippen molar-refractivity contribution in [1.82, 2.24) is 19.5 Å². The predicted molar refractivity (Wildman–Crippen MR) is 69.4 cm³/mol. The van der Waals surface area contributed by atoms with Gasteiger partial charge >= 0.3 is 0 Å². The molecular weight excluding hydrogens is 266 g/mol. The number of H-pyrrole nitrogens is 1. The van der Waals surface area contributed by atoms with Crippen LogP contribution in [0.5, 0.6) is 0 Å². The fourth-order valence-electron chi connectivity index (χ4n) is 1.62. The summed E-state index contributed by atoms with van der Waals surface area (Å²) < 4.78 is 25.9. The first-order chi connectivity index (χ1) is 9.04. The number of hydrogen-bond donors (Lipinski definition) is 2. The van der Waals surface area contributed by atoms with Crippen LogP contribution in [0, 0.1) is 0 Å². The zero-order valence-corrected chi connectivity index (χ0v) is 11.3. The van der Waals surface area contributed by atoms with E-state index in [2.05, 4.69) is 15.2 Å². The van der Waals surface area contributed by atoms with Crippen molar-refractivity contribution in [3.63, 3.8) is 0 Å². The number of hydrogen-bond acceptors (Lipinski definition) is 5. The van der Waals surface area contributed by atoms with E-state index in [0.717, 1.165) is 5.56 Å². The third kappa shape index (κ3) is 2.98. The Balaban J connectivity index is 2.25. The van der Waals surface area contributed by atoms with E-state index in [0.29, 0.717) is 12.4 Å². The predicted octanol–water partition coefficient (Wildman–Crippen LogP) is 0.0841. The summed E-state index contributed by atoms with van der Waals surface area (Å²) >= 11 is 0. The highest BCUT2D eigenvalue weighted by atomic mass is 32.2. The lowest BCUT2D eigenvalue weighted by atomic mass is 10.2. The minimum absolute atomic E-state index is 0.134. The van der Waals surface area contributed by atoms with Crippen molar-refractivity contribution in [2.45, 2.75) is 18.0 Å². The Labute approximate surface area is 111 Å². The van der Waals surface area contributed by atoms with Gasteiger partial charge in [-0.05, 0) is 17.7 Å². The highest BCUT2D eigenvalue weighted by Gasteiger charge is 2.21. The van der Waals surface area contributed by atoms with Crippen LogP contribution in [0.1, 0.15) is 11.4 Å². The topological polar surface area (TPSA) is 105 Å². The summed E-state index contributed by atoms with van der Waals surface area (Å²) in [4.78, 5) is 4.12. The van der Waals surface area contributed by atoms with Crippen molar-refractivity contribution in [3.05, 3.63) is 42.0 Å². The molecule has 0 amide bonds. The Morgan fingerprint density at radius 3 is 2.84 bits per heavy atom. The second kappa shape index (κ2) is 5.47. The van der Waals surface area contributed by atoms with Crippen LogP contribution in [0.15, 0.2) is 35.5 Å². The molecule has 7 nitrogen and oxygen atoms in total. The average molecular weight is 281 g/mol. The number of rotatable bonds is 5. The molecule has 0 unspecified atom stereocenters. The molecule has 3 N–H and O–H groups in total. The smallest absolute Gasteiger partial charge is 0.243 e. The highest BCUT2D eigenvalue weighted by molar-refractivity contribution is 7.89. The molecule has 2 rings (SSSR count). The largest absolute Gasteiger partial charge is 0.326 e. The monoisotopic (exact) mass is 281 g/mol. The van der Waals surface area contributed by atoms with Crippen LogP contribution in [-0.4, -0.2) is 35.0 Å². The molecule has 0 aliphatic rings. The van der Waals surface area contributed by atoms with Crippen LogP contribution in [0.4, 0.5) is 0 Å². The van der Waals surface area contributed by atoms with Gasteiger partial charge in [0.15, 0.2) is 0 Å². The third-order valence-corrected chi connectivity index (χ3v) is 4.48. The standard InChI is InChI=1S/C11H15N5O2S/c1-16(7-11-13-8-14-15-11)19(17,18)10-4-2-3-9(5-10)6-12/h2-5,8H,6-7,12H2,1H3,(H,13,14,15). The SMILES string of the molecule is CN(Cc1ncn[nH]1)S(=O)(=O)c1cccc(CN)c1. The Morgan fingerprint density at radius 1 is 1.42 bits per heavy atom. The van der Waals surface area contributed by atoms with Crippen molar-refractivity contribution in [2.24, 2.45) is 5.73 Å². The van der Waals surface area contributed by atoms with E-state index in [1.165, 1.54) is 17.7 Å². The van der Waals surface area contributed by atoms with Gasteiger partial charge in [0.25, 0.3) is 0 Å². The lowest BCUT2D eigenvalue weighted by Gasteiger charge is -2.16. The number of aromatic amines is 1. The number of sulfonamides is 1. The zero-order chi connectivity index (χ0) is 13.9. The Kier molecular flexibility index (Phi) is 3.93. The molecular formula is C11H15N5O2S. The molecule has 0 fully saturated rings. The Morgan fingerprint density at radius 2 is 2.21 bits per heavy atom. The van der Waals surface area contributed by atoms with Crippen LogP contribution in [-0.2, 0) is 23.1 Å². The molecule has 19 heavy (non-hydrogen) atoms. The van der Waals surface area contributed by atoms with Crippen molar-refractivity contribution in [1.29, 1.82) is 0 Å². The van der Waals surface area contributed by atoms with E-state index in [1.807, 2.05) is 0 Å². The summed E-state index contributed by atoms with van der Waals surface area (Å²) in [5.74, 6) is 0.487. The Hall–Kier alpha value is -1.77. The fraction of sp³-hybridized carbons (Fsp3) is 0.273. The van der Waals surface area contributed by atoms with Crippen molar-refractivity contribution in [2.75, 3.05) is 7.05 Å². The van der Waals surface area contributed by atoms with Gasteiger partial charge in [-0.3, -0.25) is 5.10 Å². The molecule has 0 spiro atoms. The molecule has 1 heterocycles. The molecule has 0 saturated carbocycles. The molecule has 0 aliphatic carbocycles. The molecule has 0 atom stereocenters. The minimum atomic E-state index is -3.56. The number of aromatic nitrogens is 3. The van der Waals surface area contributed by atoms with E-state index in [4.69, 9.17) is 5.73 Å². The van der Waals surface area contributed by atoms with Gasteiger partial charge in [-0.15, -0.1) is 0 Å². The normalized spacial score (nSPS) is 11.9. The van der Waals surface area contributed by atoms with Crippen LogP contribution < -0.4 is 5.73 Å². The fourth-order valence-corrected chi connectivity index (χ4v) is 2.82. The maximum atomic E-state index is 12.3. The summed E-state index contributed by atoms with van der Waals surface area (Å²) in [7, 11) is -2.06. The number of nitrogens with two attached hydrogens (primary N) is 1. The van der Waals surface area contributed by atoms with Gasteiger partial charge in [0.1, 0.15) is 12.2 Å². The van der Waals surface area contributed by atoms with E-state index in [9.17, 15) is 8.42 Å². The molecule has 0 bridgehead atoms. The summed E-state index contributed by atoms with van der Waals surface area (Å²) in [6.07, 6.45) is 1.34. The number of benzene rings is 1. The first-order valence-electron chi connectivity index (χ1n) is 5.63. The Bertz CT molecular complexity index is 639. The first kappa shape index (κ1) is 13.7. The molecule has 0 saturated heterocycles. The molecule has 102 valence electrons. The van der Waals surface area contributed by atoms with Crippen molar-refractivity contribution >= 4 is 10.0 Å². The average Bonchev–Trinajstić information content (AvgIpc) is 2.91. The molecule has 1 aromatic carbocycles. The molecule has 0 radical (unpaired) electrons. The summed E-state index contributed by atoms with van der Waals surface area (Å²) in [6, 6.07) is 6.59. The second-order valence-electron chi connectivity index (χ2n) is 4.04. The van der Waals surface area contributed by atoms with Gasteiger partial charge < -0.3 is 5.73 Å². The van der Waals surface area contributed by atoms with E-state index < -0.39 is 10.0 Å². The summed E-state index contributed by atoms with van der Waals surface area (Å²) in [6.45, 7) is 0.435. The van der Waals surface area contributed by atoms with Gasteiger partial charge in [-0.1, -0.05) is 12.1 Å². The van der Waals surface area contributed by atoms with Gasteiger partial charge in [-0.25, -0.2) is 13.4 Å². The van der Waals surface area contributed by atoms with Crippen LogP contribution in [0.25, 0.3) is 0 Å². The lowest BCUT2D eigenvalue weighted by molar-refractivity contribution is 0.457. The van der Waals surface area contributed by atoms with E-state index in [-0.39, 0.29) is 11.4 Å². The summed E-state index contributed by atoms with van der Waals surface area (Å²) in [5.41, 5.74) is 6.29. The third-order valence-electron chi connectivity index (χ3n) is 2.68. The molecule has 0 aliphatic heterocycles. The number of nitrogens with zero attached hydrogens (tertiary/aromatic N) is 3. The highest BCUT2D eigenvalue weighted by Crippen LogP contribution is 2.16. The van der Waals surface area contributed by atoms with Crippen LogP contribution in [0.2, 0.25) is 0 Å². The lowest BCUT2D eigenvalue weighted by Crippen LogP contribution is -2.27. The van der Waals surface area contributed by atoms with Gasteiger partial charge in [0.05, 0.1) is 11.4 Å². The van der Waals surface area contributed by atoms with E-state index >= 15 is 0 Å². The van der Waals surface area contributed by atoms with Crippen molar-refractivity contribution < 1.29 is 8.42 Å². The second-order valence-corrected chi connectivity index (χ2v) is 6.09. The van der Waals surface area contributed by atoms with Crippen LogP contribution in [0.3, 0.4) is 0 Å². The van der Waals surface area contributed by atoms with Crippen molar-refractivity contribution in [3.8, 4) is 0 Å². The quantitative estimate of drug-likeness (QED) is 0.807. The minimum Gasteiger partial charge on any atom is -0.326 e. The maximum absolute atomic E-state index is 12.3. The maximum Gasteiger partial charge on any atom is 0.243 e. The van der Waals surface area contributed by atoms with Crippen LogP contribution >= 0.6 is 0 Å². The van der Waals surface area contributed by atoms with Gasteiger partial charge in [0, 0.05) is 13.6 Å². The molecule has 1 aromatic heterocycles. The molecule has 8 heteroatoms. The first-order valence-corrected chi connectivity index (χ1v) is 7.07. The zero-order valence-electron chi connectivity index (χ0n) is 10.4. The van der Waals surface area contributed by atoms with Gasteiger partial charge in [-0.2, -0.15) is 9.40 Å². The van der Waals surface area contributed by atoms with Gasteiger partial charge in [0.2, 0.25) is 10.0 Å².